The molecule has 1 rings (SSSR count). The van der Waals surface area contributed by atoms with Gasteiger partial charge in [-0.15, -0.1) is 0 Å². The third-order valence-electron chi connectivity index (χ3n) is 2.45. The Morgan fingerprint density at radius 3 is 2.43 bits per heavy atom. The lowest BCUT2D eigenvalue weighted by molar-refractivity contribution is -0.385. The summed E-state index contributed by atoms with van der Waals surface area (Å²) in [5.74, 6) is 0.00484. The molecule has 0 amide bonds. The molecule has 0 aliphatic rings. The van der Waals surface area contributed by atoms with E-state index < -0.39 is 12.5 Å². The lowest BCUT2D eigenvalue weighted by Gasteiger charge is -2.17. The highest BCUT2D eigenvalue weighted by Crippen LogP contribution is 2.48. The van der Waals surface area contributed by atoms with Gasteiger partial charge in [-0.1, -0.05) is 18.7 Å². The van der Waals surface area contributed by atoms with Crippen LogP contribution in [0.1, 0.15) is 19.4 Å². The first kappa shape index (κ1) is 17.4. The van der Waals surface area contributed by atoms with E-state index in [0.717, 1.165) is 0 Å². The zero-order valence-electron chi connectivity index (χ0n) is 12.0. The number of nitro benzene ring substituents is 1. The second-order valence-electron chi connectivity index (χ2n) is 3.91. The van der Waals surface area contributed by atoms with Crippen LogP contribution in [0.25, 0.3) is 6.08 Å². The molecule has 1 aromatic carbocycles. The van der Waals surface area contributed by atoms with Crippen molar-refractivity contribution < 1.29 is 23.3 Å². The van der Waals surface area contributed by atoms with Crippen molar-refractivity contribution in [3.8, 4) is 5.75 Å². The number of hydrogen-bond acceptors (Lipinski definition) is 6. The van der Waals surface area contributed by atoms with Gasteiger partial charge in [-0.25, -0.2) is 0 Å². The van der Waals surface area contributed by atoms with Gasteiger partial charge in [0.05, 0.1) is 18.1 Å². The maximum absolute atomic E-state index is 12.2. The molecule has 0 saturated carbocycles. The van der Waals surface area contributed by atoms with Crippen LogP contribution in [0.2, 0.25) is 0 Å². The molecule has 1 aromatic rings. The normalized spacial score (nSPS) is 11.1. The van der Waals surface area contributed by atoms with Gasteiger partial charge >= 0.3 is 13.3 Å². The van der Waals surface area contributed by atoms with Gasteiger partial charge < -0.3 is 13.8 Å². The average Bonchev–Trinajstić information content (AvgIpc) is 2.45. The Morgan fingerprint density at radius 1 is 1.33 bits per heavy atom. The van der Waals surface area contributed by atoms with Gasteiger partial charge in [0.25, 0.3) is 0 Å². The highest BCUT2D eigenvalue weighted by molar-refractivity contribution is 7.53. The van der Waals surface area contributed by atoms with E-state index in [2.05, 4.69) is 6.58 Å². The highest BCUT2D eigenvalue weighted by atomic mass is 31.2. The molecule has 7 nitrogen and oxygen atoms in total. The maximum atomic E-state index is 12.2. The standard InChI is InChI=1S/C13H18NO6P/c1-4-11-7-8-13(12(9-11)14(15)16)18-10-21(17,19-5-2)20-6-3/h4,7-9H,1,5-6,10H2,2-3H3. The molecule has 0 aliphatic heterocycles. The van der Waals surface area contributed by atoms with Crippen molar-refractivity contribution in [1.82, 2.24) is 0 Å². The van der Waals surface area contributed by atoms with Gasteiger partial charge in [-0.05, 0) is 25.5 Å². The minimum absolute atomic E-state index is 0.00484. The monoisotopic (exact) mass is 315 g/mol. The summed E-state index contributed by atoms with van der Waals surface area (Å²) in [6.07, 6.45) is 1.10. The number of ether oxygens (including phenoxy) is 1. The highest BCUT2D eigenvalue weighted by Gasteiger charge is 2.26. The minimum Gasteiger partial charge on any atom is -0.474 e. The van der Waals surface area contributed by atoms with Crippen LogP contribution in [0.15, 0.2) is 24.8 Å². The largest absolute Gasteiger partial charge is 0.474 e. The van der Waals surface area contributed by atoms with Crippen molar-refractivity contribution in [3.05, 3.63) is 40.5 Å². The lowest BCUT2D eigenvalue weighted by Crippen LogP contribution is -2.07. The van der Waals surface area contributed by atoms with Crippen LogP contribution in [0, 0.1) is 10.1 Å². The summed E-state index contributed by atoms with van der Waals surface area (Å²) in [7, 11) is -3.42. The van der Waals surface area contributed by atoms with Crippen molar-refractivity contribution in [2.45, 2.75) is 13.8 Å². The van der Waals surface area contributed by atoms with Gasteiger partial charge in [0.15, 0.2) is 12.1 Å². The van der Waals surface area contributed by atoms with Crippen LogP contribution in [-0.2, 0) is 13.6 Å². The summed E-state index contributed by atoms with van der Waals surface area (Å²) in [5, 5.41) is 11.0. The van der Waals surface area contributed by atoms with E-state index in [0.29, 0.717) is 5.56 Å². The van der Waals surface area contributed by atoms with Crippen molar-refractivity contribution in [1.29, 1.82) is 0 Å². The summed E-state index contributed by atoms with van der Waals surface area (Å²) < 4.78 is 27.6. The maximum Gasteiger partial charge on any atom is 0.367 e. The first-order chi connectivity index (χ1) is 9.95. The molecule has 0 bridgehead atoms. The van der Waals surface area contributed by atoms with E-state index in [9.17, 15) is 14.7 Å². The Morgan fingerprint density at radius 2 is 1.95 bits per heavy atom. The molecular formula is C13H18NO6P. The number of benzene rings is 1. The van der Waals surface area contributed by atoms with Crippen LogP contribution < -0.4 is 4.74 Å². The summed E-state index contributed by atoms with van der Waals surface area (Å²) in [4.78, 5) is 10.5. The molecule has 0 unspecified atom stereocenters. The molecule has 0 atom stereocenters. The second kappa shape index (κ2) is 7.93. The first-order valence-corrected chi connectivity index (χ1v) is 8.10. The van der Waals surface area contributed by atoms with Crippen molar-refractivity contribution in [3.63, 3.8) is 0 Å². The zero-order chi connectivity index (χ0) is 15.9. The Balaban J connectivity index is 2.94. The van der Waals surface area contributed by atoms with Gasteiger partial charge in [0, 0.05) is 6.07 Å². The zero-order valence-corrected chi connectivity index (χ0v) is 12.9. The van der Waals surface area contributed by atoms with Crippen molar-refractivity contribution >= 4 is 19.4 Å². The molecule has 0 N–H and O–H groups in total. The molecule has 0 aromatic heterocycles. The predicted molar refractivity (Wildman–Crippen MR) is 79.5 cm³/mol. The van der Waals surface area contributed by atoms with E-state index in [1.165, 1.54) is 18.2 Å². The van der Waals surface area contributed by atoms with Gasteiger partial charge in [-0.2, -0.15) is 0 Å². The Kier molecular flexibility index (Phi) is 6.55. The molecule has 0 fully saturated rings. The Bertz CT molecular complexity index is 550. The van der Waals surface area contributed by atoms with E-state index >= 15 is 0 Å². The number of hydrogen-bond donors (Lipinski definition) is 0. The summed E-state index contributed by atoms with van der Waals surface area (Å²) in [5.41, 5.74) is 0.360. The molecule has 8 heteroatoms. The van der Waals surface area contributed by atoms with E-state index in [1.54, 1.807) is 19.9 Å². The molecular weight excluding hydrogens is 297 g/mol. The number of nitro groups is 1. The van der Waals surface area contributed by atoms with Gasteiger partial charge in [0.2, 0.25) is 0 Å². The molecule has 0 heterocycles. The quantitative estimate of drug-likeness (QED) is 0.391. The predicted octanol–water partition coefficient (Wildman–Crippen LogP) is 3.84. The summed E-state index contributed by atoms with van der Waals surface area (Å²) in [6, 6.07) is 4.37. The summed E-state index contributed by atoms with van der Waals surface area (Å²) in [6.45, 7) is 7.28. The van der Waals surface area contributed by atoms with E-state index in [1.807, 2.05) is 0 Å². The smallest absolute Gasteiger partial charge is 0.367 e. The van der Waals surface area contributed by atoms with Crippen LogP contribution in [-0.4, -0.2) is 24.5 Å². The van der Waals surface area contributed by atoms with Crippen LogP contribution >= 0.6 is 7.60 Å². The molecule has 0 spiro atoms. The molecule has 0 saturated heterocycles. The van der Waals surface area contributed by atoms with Crippen molar-refractivity contribution in [2.24, 2.45) is 0 Å². The number of nitrogens with zero attached hydrogens (tertiary/aromatic N) is 1. The van der Waals surface area contributed by atoms with Crippen LogP contribution in [0.4, 0.5) is 5.69 Å². The topological polar surface area (TPSA) is 87.9 Å². The SMILES string of the molecule is C=Cc1ccc(OCP(=O)(OCC)OCC)c([N+](=O)[O-])c1. The van der Waals surface area contributed by atoms with E-state index in [-0.39, 0.29) is 31.0 Å². The third-order valence-corrected chi connectivity index (χ3v) is 4.19. The first-order valence-electron chi connectivity index (χ1n) is 6.37. The Labute approximate surface area is 123 Å². The fourth-order valence-electron chi connectivity index (χ4n) is 1.58. The fourth-order valence-corrected chi connectivity index (χ4v) is 2.89. The third kappa shape index (κ3) is 4.97. The second-order valence-corrected chi connectivity index (χ2v) is 5.90. The summed E-state index contributed by atoms with van der Waals surface area (Å²) >= 11 is 0. The van der Waals surface area contributed by atoms with Crippen LogP contribution in [0.3, 0.4) is 0 Å². The Hall–Kier alpha value is -1.69. The molecule has 0 aliphatic carbocycles. The van der Waals surface area contributed by atoms with Gasteiger partial charge in [-0.3, -0.25) is 14.7 Å². The number of rotatable bonds is 9. The lowest BCUT2D eigenvalue weighted by atomic mass is 10.2. The fraction of sp³-hybridized carbons (Fsp3) is 0.385. The van der Waals surface area contributed by atoms with E-state index in [4.69, 9.17) is 13.8 Å². The molecule has 0 radical (unpaired) electrons. The average molecular weight is 315 g/mol. The minimum atomic E-state index is -3.42. The van der Waals surface area contributed by atoms with Crippen molar-refractivity contribution in [2.75, 3.05) is 19.6 Å². The molecule has 116 valence electrons. The molecule has 21 heavy (non-hydrogen) atoms. The van der Waals surface area contributed by atoms with Crippen LogP contribution in [0.5, 0.6) is 5.75 Å². The van der Waals surface area contributed by atoms with Gasteiger partial charge in [0.1, 0.15) is 0 Å².